The molecule has 19 heavy (non-hydrogen) atoms. The molecule has 0 spiro atoms. The molecule has 4 heteroatoms. The number of carbonyl (C=O) groups is 1. The van der Waals surface area contributed by atoms with Gasteiger partial charge in [-0.25, -0.2) is 0 Å². The number of allylic oxidation sites excluding steroid dienone is 3. The molecule has 2 aliphatic rings. The maximum atomic E-state index is 11.7. The molecular weight excluding hydrogens is 256 g/mol. The number of nitrogens with one attached hydrogen (secondary N) is 1. The number of likely N-dealkylation sites (N-methyl/N-ethyl adjacent to an activating group) is 1. The van der Waals surface area contributed by atoms with Crippen LogP contribution in [0.5, 0.6) is 0 Å². The second kappa shape index (κ2) is 7.15. The summed E-state index contributed by atoms with van der Waals surface area (Å²) < 4.78 is 0. The molecule has 1 fully saturated rings. The molecule has 1 amide bonds. The Hall–Kier alpha value is -0.740. The van der Waals surface area contributed by atoms with Gasteiger partial charge < -0.3 is 10.2 Å². The van der Waals surface area contributed by atoms with E-state index in [9.17, 15) is 4.79 Å². The maximum absolute atomic E-state index is 11.7. The first kappa shape index (κ1) is 14.7. The molecule has 0 bridgehead atoms. The van der Waals surface area contributed by atoms with Crippen LogP contribution in [0.1, 0.15) is 21.7 Å². The summed E-state index contributed by atoms with van der Waals surface area (Å²) in [6, 6.07) is 0. The van der Waals surface area contributed by atoms with Crippen molar-refractivity contribution in [2.24, 2.45) is 11.8 Å². The monoisotopic (exact) mass is 282 g/mol. The highest BCUT2D eigenvalue weighted by molar-refractivity contribution is 8.03. The minimum Gasteiger partial charge on any atom is -0.354 e. The molecule has 1 saturated carbocycles. The van der Waals surface area contributed by atoms with E-state index in [0.717, 1.165) is 38.0 Å². The SMILES string of the molecule is CCN(CC)CCNC(=O)CSC1=CC2CC2C=C1.[HH]. The van der Waals surface area contributed by atoms with Crippen molar-refractivity contribution in [3.8, 4) is 0 Å². The van der Waals surface area contributed by atoms with Crippen molar-refractivity contribution in [3.05, 3.63) is 23.1 Å². The number of nitrogens with zero attached hydrogens (tertiary/aromatic N) is 1. The molecule has 0 aliphatic heterocycles. The number of rotatable bonds is 8. The molecule has 2 aliphatic carbocycles. The lowest BCUT2D eigenvalue weighted by Crippen LogP contribution is -2.35. The van der Waals surface area contributed by atoms with Crippen molar-refractivity contribution in [2.45, 2.75) is 20.3 Å². The first-order chi connectivity index (χ1) is 9.22. The van der Waals surface area contributed by atoms with E-state index in [4.69, 9.17) is 0 Å². The molecule has 2 unspecified atom stereocenters. The van der Waals surface area contributed by atoms with Crippen LogP contribution in [-0.2, 0) is 4.79 Å². The van der Waals surface area contributed by atoms with Crippen LogP contribution in [0, 0.1) is 11.8 Å². The zero-order valence-corrected chi connectivity index (χ0v) is 12.7. The van der Waals surface area contributed by atoms with E-state index in [1.807, 2.05) is 0 Å². The van der Waals surface area contributed by atoms with Crippen LogP contribution < -0.4 is 5.32 Å². The Balaban J connectivity index is 0.00000200. The highest BCUT2D eigenvalue weighted by Crippen LogP contribution is 2.45. The van der Waals surface area contributed by atoms with Crippen molar-refractivity contribution in [3.63, 3.8) is 0 Å². The van der Waals surface area contributed by atoms with Gasteiger partial charge in [-0.3, -0.25) is 4.79 Å². The lowest BCUT2D eigenvalue weighted by Gasteiger charge is -2.17. The van der Waals surface area contributed by atoms with Crippen molar-refractivity contribution in [2.75, 3.05) is 31.9 Å². The summed E-state index contributed by atoms with van der Waals surface area (Å²) in [6.07, 6.45) is 8.07. The smallest absolute Gasteiger partial charge is 0.230 e. The number of hydrogen-bond donors (Lipinski definition) is 1. The lowest BCUT2D eigenvalue weighted by molar-refractivity contribution is -0.118. The summed E-state index contributed by atoms with van der Waals surface area (Å²) >= 11 is 1.65. The summed E-state index contributed by atoms with van der Waals surface area (Å²) in [4.78, 5) is 15.3. The van der Waals surface area contributed by atoms with Gasteiger partial charge in [-0.2, -0.15) is 0 Å². The van der Waals surface area contributed by atoms with Gasteiger partial charge in [-0.15, -0.1) is 11.8 Å². The van der Waals surface area contributed by atoms with Crippen LogP contribution >= 0.6 is 11.8 Å². The molecule has 0 radical (unpaired) electrons. The third kappa shape index (κ3) is 4.69. The van der Waals surface area contributed by atoms with Crippen LogP contribution in [-0.4, -0.2) is 42.7 Å². The van der Waals surface area contributed by atoms with E-state index < -0.39 is 0 Å². The first-order valence-corrected chi connectivity index (χ1v) is 8.23. The third-order valence-electron chi connectivity index (χ3n) is 3.79. The highest BCUT2D eigenvalue weighted by atomic mass is 32.2. The lowest BCUT2D eigenvalue weighted by atomic mass is 10.2. The Morgan fingerprint density at radius 3 is 2.95 bits per heavy atom. The quantitative estimate of drug-likeness (QED) is 0.742. The van der Waals surface area contributed by atoms with Gasteiger partial charge in [0.15, 0.2) is 0 Å². The van der Waals surface area contributed by atoms with Gasteiger partial charge in [-0.05, 0) is 31.3 Å². The standard InChI is InChI=1S/C15H24N2OS.H2/c1-3-17(4-2)8-7-16-15(18)11-19-14-6-5-12-9-13(12)10-14;/h5-6,10,12-13H,3-4,7-9,11H2,1-2H3,(H,16,18);1H. The summed E-state index contributed by atoms with van der Waals surface area (Å²) in [5, 5.41) is 2.99. The van der Waals surface area contributed by atoms with E-state index in [2.05, 4.69) is 42.3 Å². The highest BCUT2D eigenvalue weighted by Gasteiger charge is 2.34. The number of carbonyl (C=O) groups excluding carboxylic acids is 1. The van der Waals surface area contributed by atoms with Gasteiger partial charge in [-0.1, -0.05) is 32.1 Å². The number of thioether (sulfide) groups is 1. The Morgan fingerprint density at radius 2 is 2.26 bits per heavy atom. The second-order valence-corrected chi connectivity index (χ2v) is 6.21. The van der Waals surface area contributed by atoms with Crippen LogP contribution in [0.2, 0.25) is 0 Å². The summed E-state index contributed by atoms with van der Waals surface area (Å²) in [6.45, 7) is 8.07. The predicted octanol–water partition coefficient (Wildman–Crippen LogP) is 2.51. The van der Waals surface area contributed by atoms with Crippen LogP contribution in [0.3, 0.4) is 0 Å². The summed E-state index contributed by atoms with van der Waals surface area (Å²) in [5.41, 5.74) is 0. The van der Waals surface area contributed by atoms with Crippen molar-refractivity contribution in [1.82, 2.24) is 10.2 Å². The van der Waals surface area contributed by atoms with Crippen molar-refractivity contribution >= 4 is 17.7 Å². The van der Waals surface area contributed by atoms with Crippen molar-refractivity contribution in [1.29, 1.82) is 0 Å². The van der Waals surface area contributed by atoms with E-state index in [1.165, 1.54) is 11.3 Å². The minimum atomic E-state index is 0. The second-order valence-electron chi connectivity index (χ2n) is 5.16. The Kier molecular flexibility index (Phi) is 5.52. The normalized spacial score (nSPS) is 24.1. The fraction of sp³-hybridized carbons (Fsp3) is 0.667. The topological polar surface area (TPSA) is 32.3 Å². The van der Waals surface area contributed by atoms with Gasteiger partial charge in [0.25, 0.3) is 0 Å². The molecule has 108 valence electrons. The average molecular weight is 282 g/mol. The van der Waals surface area contributed by atoms with E-state index in [0.29, 0.717) is 5.75 Å². The van der Waals surface area contributed by atoms with Gasteiger partial charge >= 0.3 is 0 Å². The fourth-order valence-corrected chi connectivity index (χ4v) is 3.17. The zero-order valence-electron chi connectivity index (χ0n) is 11.9. The Bertz CT molecular complexity index is 380. The Morgan fingerprint density at radius 1 is 1.47 bits per heavy atom. The van der Waals surface area contributed by atoms with Crippen LogP contribution in [0.4, 0.5) is 0 Å². The van der Waals surface area contributed by atoms with E-state index in [1.54, 1.807) is 11.8 Å². The van der Waals surface area contributed by atoms with Gasteiger partial charge in [0.05, 0.1) is 5.75 Å². The number of hydrogen-bond acceptors (Lipinski definition) is 3. The first-order valence-electron chi connectivity index (χ1n) is 7.24. The molecular formula is C15H26N2OS. The molecule has 2 rings (SSSR count). The molecule has 0 saturated heterocycles. The maximum Gasteiger partial charge on any atom is 0.230 e. The molecule has 0 heterocycles. The van der Waals surface area contributed by atoms with E-state index in [-0.39, 0.29) is 7.33 Å². The van der Waals surface area contributed by atoms with Crippen LogP contribution in [0.15, 0.2) is 23.1 Å². The predicted molar refractivity (Wildman–Crippen MR) is 84.2 cm³/mol. The van der Waals surface area contributed by atoms with Gasteiger partial charge in [0, 0.05) is 19.4 Å². The Labute approximate surface area is 122 Å². The average Bonchev–Trinajstić information content (AvgIpc) is 3.20. The molecule has 0 aromatic heterocycles. The zero-order chi connectivity index (χ0) is 13.7. The summed E-state index contributed by atoms with van der Waals surface area (Å²) in [5.74, 6) is 2.24. The van der Waals surface area contributed by atoms with Crippen LogP contribution in [0.25, 0.3) is 0 Å². The molecule has 0 aromatic rings. The molecule has 3 nitrogen and oxygen atoms in total. The van der Waals surface area contributed by atoms with Gasteiger partial charge in [0.1, 0.15) is 0 Å². The van der Waals surface area contributed by atoms with E-state index >= 15 is 0 Å². The van der Waals surface area contributed by atoms with Crippen molar-refractivity contribution < 1.29 is 6.22 Å². The molecule has 1 N–H and O–H groups in total. The largest absolute Gasteiger partial charge is 0.354 e. The number of fused-ring (bicyclic) bond motifs is 1. The third-order valence-corrected chi connectivity index (χ3v) is 4.80. The minimum absolute atomic E-state index is 0. The summed E-state index contributed by atoms with van der Waals surface area (Å²) in [7, 11) is 0. The molecule has 2 atom stereocenters. The number of amides is 1. The molecule has 0 aromatic carbocycles. The van der Waals surface area contributed by atoms with Gasteiger partial charge in [0.2, 0.25) is 5.91 Å². The fourth-order valence-electron chi connectivity index (χ4n) is 2.32.